The second-order valence-corrected chi connectivity index (χ2v) is 4.48. The zero-order valence-electron chi connectivity index (χ0n) is 13.1. The molecule has 120 valence electrons. The van der Waals surface area contributed by atoms with Crippen LogP contribution < -0.4 is 0 Å². The predicted molar refractivity (Wildman–Crippen MR) is 80.0 cm³/mol. The largest absolute Gasteiger partial charge is 0.382 e. The Morgan fingerprint density at radius 2 is 1.71 bits per heavy atom. The summed E-state index contributed by atoms with van der Waals surface area (Å²) in [7, 11) is 1.64. The highest BCUT2D eigenvalue weighted by atomic mass is 16.5. The van der Waals surface area contributed by atoms with E-state index in [2.05, 4.69) is 10.3 Å². The Morgan fingerprint density at radius 3 is 2.29 bits per heavy atom. The Labute approximate surface area is 125 Å². The van der Waals surface area contributed by atoms with Crippen LogP contribution in [0.3, 0.4) is 0 Å². The minimum atomic E-state index is 0.489. The highest BCUT2D eigenvalue weighted by molar-refractivity contribution is 5.47. The first-order chi connectivity index (χ1) is 10.3. The minimum Gasteiger partial charge on any atom is -0.382 e. The molecule has 0 atom stereocenters. The van der Waals surface area contributed by atoms with Gasteiger partial charge >= 0.3 is 0 Å². The van der Waals surface area contributed by atoms with Gasteiger partial charge in [0, 0.05) is 7.11 Å². The van der Waals surface area contributed by atoms with Gasteiger partial charge in [-0.25, -0.2) is 0 Å². The SMILES string of the molecule is CCc1nn(CCOCCOCCOC)c(CC)c1N=O. The molecular weight excluding hydrogens is 274 g/mol. The molecule has 0 fully saturated rings. The summed E-state index contributed by atoms with van der Waals surface area (Å²) in [4.78, 5) is 10.9. The summed E-state index contributed by atoms with van der Waals surface area (Å²) < 4.78 is 17.5. The summed E-state index contributed by atoms with van der Waals surface area (Å²) in [5, 5.41) is 7.54. The van der Waals surface area contributed by atoms with Gasteiger partial charge in [-0.3, -0.25) is 4.68 Å². The van der Waals surface area contributed by atoms with Crippen LogP contribution in [0.2, 0.25) is 0 Å². The van der Waals surface area contributed by atoms with Crippen LogP contribution in [0, 0.1) is 4.91 Å². The van der Waals surface area contributed by atoms with Crippen LogP contribution in [0.25, 0.3) is 0 Å². The molecule has 21 heavy (non-hydrogen) atoms. The van der Waals surface area contributed by atoms with Crippen molar-refractivity contribution in [3.63, 3.8) is 0 Å². The second-order valence-electron chi connectivity index (χ2n) is 4.48. The average molecular weight is 299 g/mol. The quantitative estimate of drug-likeness (QED) is 0.436. The lowest BCUT2D eigenvalue weighted by molar-refractivity contribution is 0.0224. The van der Waals surface area contributed by atoms with Gasteiger partial charge in [0.05, 0.1) is 51.0 Å². The zero-order chi connectivity index (χ0) is 15.5. The molecule has 0 unspecified atom stereocenters. The monoisotopic (exact) mass is 299 g/mol. The van der Waals surface area contributed by atoms with Crippen LogP contribution in [0.5, 0.6) is 0 Å². The van der Waals surface area contributed by atoms with Gasteiger partial charge < -0.3 is 14.2 Å². The van der Waals surface area contributed by atoms with Gasteiger partial charge in [0.25, 0.3) is 0 Å². The molecular formula is C14H25N3O4. The number of nitroso groups, excluding NO2 is 1. The molecule has 0 N–H and O–H groups in total. The first-order valence-electron chi connectivity index (χ1n) is 7.34. The molecule has 0 spiro atoms. The van der Waals surface area contributed by atoms with Crippen molar-refractivity contribution in [2.24, 2.45) is 5.18 Å². The lowest BCUT2D eigenvalue weighted by Crippen LogP contribution is -2.13. The molecule has 7 nitrogen and oxygen atoms in total. The number of ether oxygens (including phenoxy) is 3. The van der Waals surface area contributed by atoms with E-state index in [1.807, 2.05) is 18.5 Å². The van der Waals surface area contributed by atoms with E-state index >= 15 is 0 Å². The first-order valence-corrected chi connectivity index (χ1v) is 7.34. The van der Waals surface area contributed by atoms with Crippen molar-refractivity contribution in [2.75, 3.05) is 40.1 Å². The lowest BCUT2D eigenvalue weighted by Gasteiger charge is -2.07. The van der Waals surface area contributed by atoms with Gasteiger partial charge in [0.15, 0.2) is 5.69 Å². The van der Waals surface area contributed by atoms with Crippen LogP contribution in [0.1, 0.15) is 25.2 Å². The average Bonchev–Trinajstić information content (AvgIpc) is 2.86. The Bertz CT molecular complexity index is 421. The van der Waals surface area contributed by atoms with Crippen molar-refractivity contribution in [1.29, 1.82) is 0 Å². The fourth-order valence-corrected chi connectivity index (χ4v) is 2.04. The van der Waals surface area contributed by atoms with E-state index in [1.165, 1.54) is 0 Å². The highest BCUT2D eigenvalue weighted by Gasteiger charge is 2.15. The van der Waals surface area contributed by atoms with Gasteiger partial charge in [0.2, 0.25) is 0 Å². The standard InChI is InChI=1S/C14H25N3O4/c1-4-12-14(16-18)13(5-2)17(15-12)6-7-20-10-11-21-9-8-19-3/h4-11H2,1-3H3. The van der Waals surface area contributed by atoms with E-state index in [9.17, 15) is 4.91 Å². The van der Waals surface area contributed by atoms with Crippen molar-refractivity contribution < 1.29 is 14.2 Å². The number of nitrogens with zero attached hydrogens (tertiary/aromatic N) is 3. The maximum Gasteiger partial charge on any atom is 0.152 e. The molecule has 1 rings (SSSR count). The van der Waals surface area contributed by atoms with Crippen molar-refractivity contribution in [3.8, 4) is 0 Å². The van der Waals surface area contributed by atoms with E-state index in [1.54, 1.807) is 7.11 Å². The third-order valence-corrected chi connectivity index (χ3v) is 3.11. The summed E-state index contributed by atoms with van der Waals surface area (Å²) in [5.74, 6) is 0. The van der Waals surface area contributed by atoms with E-state index < -0.39 is 0 Å². The molecule has 0 radical (unpaired) electrons. The van der Waals surface area contributed by atoms with E-state index in [-0.39, 0.29) is 0 Å². The van der Waals surface area contributed by atoms with Crippen LogP contribution in [-0.4, -0.2) is 49.9 Å². The van der Waals surface area contributed by atoms with Crippen LogP contribution in [0.4, 0.5) is 5.69 Å². The molecule has 1 aromatic heterocycles. The van der Waals surface area contributed by atoms with Gasteiger partial charge in [-0.1, -0.05) is 13.8 Å². The van der Waals surface area contributed by atoms with Gasteiger partial charge in [-0.2, -0.15) is 5.10 Å². The van der Waals surface area contributed by atoms with Crippen LogP contribution in [0.15, 0.2) is 5.18 Å². The summed E-state index contributed by atoms with van der Waals surface area (Å²) in [6, 6.07) is 0. The van der Waals surface area contributed by atoms with Gasteiger partial charge in [-0.05, 0) is 18.0 Å². The molecule has 0 saturated carbocycles. The normalized spacial score (nSPS) is 11.0. The molecule has 0 saturated heterocycles. The predicted octanol–water partition coefficient (Wildman–Crippen LogP) is 2.09. The van der Waals surface area contributed by atoms with Crippen molar-refractivity contribution in [2.45, 2.75) is 33.2 Å². The summed E-state index contributed by atoms with van der Waals surface area (Å²) >= 11 is 0. The molecule has 0 aliphatic carbocycles. The number of rotatable bonds is 12. The van der Waals surface area contributed by atoms with Crippen molar-refractivity contribution in [1.82, 2.24) is 9.78 Å². The molecule has 0 amide bonds. The fourth-order valence-electron chi connectivity index (χ4n) is 2.04. The number of aromatic nitrogens is 2. The third kappa shape index (κ3) is 5.53. The molecule has 0 aromatic carbocycles. The molecule has 1 aromatic rings. The number of hydrogen-bond donors (Lipinski definition) is 0. The lowest BCUT2D eigenvalue weighted by atomic mass is 10.2. The van der Waals surface area contributed by atoms with Crippen molar-refractivity contribution in [3.05, 3.63) is 16.3 Å². The minimum absolute atomic E-state index is 0.489. The molecule has 1 heterocycles. The number of hydrogen-bond acceptors (Lipinski definition) is 6. The first kappa shape index (κ1) is 17.7. The van der Waals surface area contributed by atoms with Gasteiger partial charge in [-0.15, -0.1) is 4.91 Å². The zero-order valence-corrected chi connectivity index (χ0v) is 13.1. The summed E-state index contributed by atoms with van der Waals surface area (Å²) in [6.07, 6.45) is 1.43. The third-order valence-electron chi connectivity index (χ3n) is 3.11. The van der Waals surface area contributed by atoms with Gasteiger partial charge in [0.1, 0.15) is 0 Å². The van der Waals surface area contributed by atoms with E-state index in [4.69, 9.17) is 14.2 Å². The van der Waals surface area contributed by atoms with E-state index in [0.717, 1.165) is 17.8 Å². The summed E-state index contributed by atoms with van der Waals surface area (Å²) in [6.45, 7) is 7.35. The Hall–Kier alpha value is -1.31. The number of aryl methyl sites for hydroxylation is 1. The maximum atomic E-state index is 10.9. The topological polar surface area (TPSA) is 74.9 Å². The molecule has 0 aliphatic heterocycles. The molecule has 0 bridgehead atoms. The Balaban J connectivity index is 2.35. The Kier molecular flexibility index (Phi) is 8.80. The highest BCUT2D eigenvalue weighted by Crippen LogP contribution is 2.25. The van der Waals surface area contributed by atoms with Crippen molar-refractivity contribution >= 4 is 5.69 Å². The maximum absolute atomic E-state index is 10.9. The van der Waals surface area contributed by atoms with Crippen LogP contribution in [-0.2, 0) is 33.6 Å². The number of methoxy groups -OCH3 is 1. The van der Waals surface area contributed by atoms with E-state index in [0.29, 0.717) is 51.7 Å². The molecule has 0 aliphatic rings. The summed E-state index contributed by atoms with van der Waals surface area (Å²) in [5.41, 5.74) is 2.12. The molecule has 7 heteroatoms. The fraction of sp³-hybridized carbons (Fsp3) is 0.786. The Morgan fingerprint density at radius 1 is 1.05 bits per heavy atom. The second kappa shape index (κ2) is 10.4. The smallest absolute Gasteiger partial charge is 0.152 e. The van der Waals surface area contributed by atoms with Crippen LogP contribution >= 0.6 is 0 Å².